The van der Waals surface area contributed by atoms with Crippen LogP contribution in [0.1, 0.15) is 36.5 Å². The van der Waals surface area contributed by atoms with Gasteiger partial charge in [-0.15, -0.1) is 0 Å². The zero-order valence-corrected chi connectivity index (χ0v) is 27.4. The fourth-order valence-corrected chi connectivity index (χ4v) is 9.90. The molecule has 5 rings (SSSR count). The quantitative estimate of drug-likeness (QED) is 0.189. The summed E-state index contributed by atoms with van der Waals surface area (Å²) < 4.78 is 11.5. The van der Waals surface area contributed by atoms with Gasteiger partial charge in [-0.1, -0.05) is 43.3 Å². The number of carbonyl (C=O) groups is 2. The molecule has 0 bridgehead atoms. The van der Waals surface area contributed by atoms with Gasteiger partial charge < -0.3 is 50.0 Å². The molecule has 10 atom stereocenters. The highest BCUT2D eigenvalue weighted by Gasteiger charge is 2.51. The van der Waals surface area contributed by atoms with Crippen LogP contribution < -0.4 is 5.32 Å². The number of anilines is 1. The number of aliphatic hydroxyl groups excluding tert-OH is 5. The number of amides is 2. The number of nitrogens with zero attached hydrogens (tertiary/aromatic N) is 1. The smallest absolute Gasteiger partial charge is 0.256 e. The minimum absolute atomic E-state index is 0.0323. The maximum Gasteiger partial charge on any atom is 0.256 e. The summed E-state index contributed by atoms with van der Waals surface area (Å²) in [5.74, 6) is -0.830. The molecule has 2 fully saturated rings. The molecule has 3 heterocycles. The summed E-state index contributed by atoms with van der Waals surface area (Å²) in [7, 11) is -2.71. The molecule has 2 aromatic rings. The Bertz CT molecular complexity index is 1370. The summed E-state index contributed by atoms with van der Waals surface area (Å²) in [4.78, 5) is 39.3. The number of fused-ring (bicyclic) bond motifs is 1. The van der Waals surface area contributed by atoms with E-state index in [4.69, 9.17) is 9.47 Å². The van der Waals surface area contributed by atoms with Crippen molar-refractivity contribution in [1.82, 2.24) is 4.90 Å². The van der Waals surface area contributed by atoms with Crippen LogP contribution in [-0.4, -0.2) is 111 Å². The average molecular weight is 659 g/mol. The SMILES string of the molecule is C[C@H]1[C@H]([Si](C)(C)O)[C@@H](CC(=O)N2Cc3ccccc3C[C@H]2CO)O[C@H]1CCc1ccc(NC(=O)[C@H]2O[C@@H](O)[C@H](O)[C@@H](O)[C@@H]2O)cc1. The third-order valence-electron chi connectivity index (χ3n) is 9.77. The third-order valence-corrected chi connectivity index (χ3v) is 12.3. The zero-order valence-electron chi connectivity index (χ0n) is 26.4. The highest BCUT2D eigenvalue weighted by atomic mass is 28.4. The fraction of sp³-hybridized carbons (Fsp3) is 0.576. The van der Waals surface area contributed by atoms with Gasteiger partial charge in [0, 0.05) is 17.8 Å². The van der Waals surface area contributed by atoms with Crippen LogP contribution in [0, 0.1) is 5.92 Å². The van der Waals surface area contributed by atoms with Crippen molar-refractivity contribution in [2.24, 2.45) is 5.92 Å². The predicted molar refractivity (Wildman–Crippen MR) is 170 cm³/mol. The van der Waals surface area contributed by atoms with Crippen LogP contribution in [0.3, 0.4) is 0 Å². The largest absolute Gasteiger partial charge is 0.432 e. The van der Waals surface area contributed by atoms with Gasteiger partial charge in [0.25, 0.3) is 5.91 Å². The van der Waals surface area contributed by atoms with Gasteiger partial charge in [0.1, 0.15) is 18.3 Å². The molecular formula is C33H46N2O10Si. The summed E-state index contributed by atoms with van der Waals surface area (Å²) in [5.41, 5.74) is 3.48. The normalized spacial score (nSPS) is 33.0. The van der Waals surface area contributed by atoms with E-state index in [1.165, 1.54) is 0 Å². The molecule has 12 nitrogen and oxygen atoms in total. The minimum Gasteiger partial charge on any atom is -0.432 e. The summed E-state index contributed by atoms with van der Waals surface area (Å²) in [5, 5.41) is 52.0. The summed E-state index contributed by atoms with van der Waals surface area (Å²) >= 11 is 0. The van der Waals surface area contributed by atoms with E-state index in [-0.39, 0.29) is 42.5 Å². The lowest BCUT2D eigenvalue weighted by molar-refractivity contribution is -0.274. The first-order chi connectivity index (χ1) is 21.8. The molecule has 0 radical (unpaired) electrons. The van der Waals surface area contributed by atoms with Crippen molar-refractivity contribution in [2.45, 2.75) is 107 Å². The van der Waals surface area contributed by atoms with Gasteiger partial charge in [0.05, 0.1) is 31.3 Å². The predicted octanol–water partition coefficient (Wildman–Crippen LogP) is 0.665. The van der Waals surface area contributed by atoms with Gasteiger partial charge in [-0.3, -0.25) is 9.59 Å². The van der Waals surface area contributed by atoms with Crippen LogP contribution in [0.25, 0.3) is 0 Å². The molecule has 0 saturated carbocycles. The topological polar surface area (TPSA) is 189 Å². The van der Waals surface area contributed by atoms with Gasteiger partial charge >= 0.3 is 0 Å². The zero-order chi connectivity index (χ0) is 33.3. The van der Waals surface area contributed by atoms with Crippen LogP contribution in [-0.2, 0) is 38.4 Å². The molecule has 0 aliphatic carbocycles. The molecule has 2 aromatic carbocycles. The lowest BCUT2D eigenvalue weighted by Gasteiger charge is -2.37. The highest BCUT2D eigenvalue weighted by Crippen LogP contribution is 2.46. The molecule has 0 unspecified atom stereocenters. The number of aliphatic hydroxyl groups is 5. The van der Waals surface area contributed by atoms with Gasteiger partial charge in [0.15, 0.2) is 20.7 Å². The first-order valence-electron chi connectivity index (χ1n) is 15.9. The van der Waals surface area contributed by atoms with Crippen molar-refractivity contribution in [3.05, 3.63) is 65.2 Å². The number of ether oxygens (including phenoxy) is 2. The van der Waals surface area contributed by atoms with Crippen LogP contribution >= 0.6 is 0 Å². The highest BCUT2D eigenvalue weighted by molar-refractivity contribution is 6.71. The molecule has 3 aliphatic rings. The van der Waals surface area contributed by atoms with Gasteiger partial charge in [-0.05, 0) is 67.1 Å². The number of nitrogens with one attached hydrogen (secondary N) is 1. The van der Waals surface area contributed by atoms with E-state index in [1.807, 2.05) is 49.5 Å². The number of rotatable bonds is 9. The Hall–Kier alpha value is -2.72. The van der Waals surface area contributed by atoms with E-state index < -0.39 is 51.0 Å². The number of aryl methyl sites for hydroxylation is 1. The maximum atomic E-state index is 13.7. The van der Waals surface area contributed by atoms with E-state index in [1.54, 1.807) is 17.0 Å². The van der Waals surface area contributed by atoms with Crippen molar-refractivity contribution in [1.29, 1.82) is 0 Å². The Morgan fingerprint density at radius 1 is 0.935 bits per heavy atom. The Morgan fingerprint density at radius 2 is 1.61 bits per heavy atom. The number of hydrogen-bond acceptors (Lipinski definition) is 10. The van der Waals surface area contributed by atoms with Crippen molar-refractivity contribution in [3.8, 4) is 0 Å². The van der Waals surface area contributed by atoms with Crippen LogP contribution in [0.2, 0.25) is 18.6 Å². The van der Waals surface area contributed by atoms with Gasteiger partial charge in [-0.2, -0.15) is 0 Å². The van der Waals surface area contributed by atoms with Gasteiger partial charge in [0.2, 0.25) is 5.91 Å². The van der Waals surface area contributed by atoms with Gasteiger partial charge in [-0.25, -0.2) is 0 Å². The Morgan fingerprint density at radius 3 is 2.26 bits per heavy atom. The van der Waals surface area contributed by atoms with Crippen molar-refractivity contribution < 1.29 is 49.4 Å². The molecule has 13 heteroatoms. The first kappa shape index (κ1) is 34.6. The van der Waals surface area contributed by atoms with Crippen molar-refractivity contribution in [2.75, 3.05) is 11.9 Å². The summed E-state index contributed by atoms with van der Waals surface area (Å²) in [6.45, 7) is 6.17. The summed E-state index contributed by atoms with van der Waals surface area (Å²) in [6, 6.07) is 14.7. The number of carbonyl (C=O) groups excluding carboxylic acids is 2. The molecule has 46 heavy (non-hydrogen) atoms. The van der Waals surface area contributed by atoms with Crippen molar-refractivity contribution >= 4 is 25.8 Å². The number of benzene rings is 2. The lowest BCUT2D eigenvalue weighted by atomic mass is 9.93. The molecule has 252 valence electrons. The molecule has 7 N–H and O–H groups in total. The molecule has 2 saturated heterocycles. The van der Waals surface area contributed by atoms with E-state index in [9.17, 15) is 39.9 Å². The Balaban J connectivity index is 1.19. The molecule has 0 aromatic heterocycles. The minimum atomic E-state index is -2.71. The number of hydrogen-bond donors (Lipinski definition) is 7. The van der Waals surface area contributed by atoms with Crippen molar-refractivity contribution in [3.63, 3.8) is 0 Å². The average Bonchev–Trinajstić information content (AvgIpc) is 3.35. The maximum absolute atomic E-state index is 13.7. The fourth-order valence-electron chi connectivity index (χ4n) is 7.29. The van der Waals surface area contributed by atoms with Crippen LogP contribution in [0.15, 0.2) is 48.5 Å². The third kappa shape index (κ3) is 7.38. The Labute approximate surface area is 269 Å². The standard InChI is InChI=1S/C33H46N2O10Si/c1-18-24(13-10-19-8-11-22(12-9-19)34-32(41)30-28(39)27(38)29(40)33(42)45-30)44-25(31(18)46(2,3)43)15-26(37)35-16-21-7-5-4-6-20(21)14-23(35)17-36/h4-9,11-12,18,23-25,27-31,33,36,38-40,42-43H,10,13-17H2,1-3H3,(H,34,41)/t18-,23+,24+,25-,27+,28+,29-,30+,31+,33-/m1/s1. The van der Waals surface area contributed by atoms with Crippen LogP contribution in [0.4, 0.5) is 5.69 Å². The first-order valence-corrected chi connectivity index (χ1v) is 18.9. The molecule has 2 amide bonds. The Kier molecular flexibility index (Phi) is 10.7. The molecule has 3 aliphatic heterocycles. The second kappa shape index (κ2) is 14.2. The van der Waals surface area contributed by atoms with E-state index in [0.29, 0.717) is 31.5 Å². The molecule has 0 spiro atoms. The monoisotopic (exact) mass is 658 g/mol. The summed E-state index contributed by atoms with van der Waals surface area (Å²) in [6.07, 6.45) is -7.10. The molecular weight excluding hydrogens is 612 g/mol. The van der Waals surface area contributed by atoms with E-state index >= 15 is 0 Å². The lowest BCUT2D eigenvalue weighted by Crippen LogP contribution is -2.60. The second-order valence-corrected chi connectivity index (χ2v) is 17.4. The van der Waals surface area contributed by atoms with Crippen LogP contribution in [0.5, 0.6) is 0 Å². The van der Waals surface area contributed by atoms with E-state index in [2.05, 4.69) is 12.2 Å². The van der Waals surface area contributed by atoms with E-state index in [0.717, 1.165) is 16.7 Å². The second-order valence-electron chi connectivity index (χ2n) is 13.4.